The number of aromatic nitrogens is 1. The van der Waals surface area contributed by atoms with Crippen molar-refractivity contribution in [3.63, 3.8) is 0 Å². The van der Waals surface area contributed by atoms with Gasteiger partial charge in [0, 0.05) is 25.5 Å². The highest BCUT2D eigenvalue weighted by Crippen LogP contribution is 2.23. The predicted octanol–water partition coefficient (Wildman–Crippen LogP) is 1.75. The molecule has 1 atom stereocenters. The van der Waals surface area contributed by atoms with Crippen molar-refractivity contribution in [2.75, 3.05) is 13.1 Å². The van der Waals surface area contributed by atoms with E-state index in [1.165, 1.54) is 5.56 Å². The summed E-state index contributed by atoms with van der Waals surface area (Å²) >= 11 is 0. The quantitative estimate of drug-likeness (QED) is 0.821. The van der Waals surface area contributed by atoms with Gasteiger partial charge in [0.2, 0.25) is 5.91 Å². The lowest BCUT2D eigenvalue weighted by Crippen LogP contribution is -2.38. The van der Waals surface area contributed by atoms with Crippen molar-refractivity contribution in [2.24, 2.45) is 17.1 Å². The Hall–Kier alpha value is -1.42. The minimum Gasteiger partial charge on any atom is -0.355 e. The van der Waals surface area contributed by atoms with Gasteiger partial charge < -0.3 is 11.1 Å². The molecular formula is C15H25N3O. The first kappa shape index (κ1) is 15.6. The molecule has 0 aliphatic rings. The van der Waals surface area contributed by atoms with Crippen LogP contribution in [0.4, 0.5) is 0 Å². The standard InChI is InChI=1S/C15H25N3O/c1-15(2,3)10-13(11-16)14(19)18-9-6-12-4-7-17-8-5-12/h4-5,7-8,13H,6,9-11,16H2,1-3H3,(H,18,19). The van der Waals surface area contributed by atoms with E-state index in [0.717, 1.165) is 12.8 Å². The van der Waals surface area contributed by atoms with E-state index in [4.69, 9.17) is 5.73 Å². The molecule has 0 radical (unpaired) electrons. The van der Waals surface area contributed by atoms with Crippen LogP contribution < -0.4 is 11.1 Å². The SMILES string of the molecule is CC(C)(C)CC(CN)C(=O)NCCc1ccncc1. The van der Waals surface area contributed by atoms with Crippen LogP contribution in [0.25, 0.3) is 0 Å². The Morgan fingerprint density at radius 2 is 2.00 bits per heavy atom. The van der Waals surface area contributed by atoms with Gasteiger partial charge in [0.1, 0.15) is 0 Å². The van der Waals surface area contributed by atoms with Gasteiger partial charge in [0.15, 0.2) is 0 Å². The lowest BCUT2D eigenvalue weighted by Gasteiger charge is -2.24. The molecule has 0 aliphatic carbocycles. The summed E-state index contributed by atoms with van der Waals surface area (Å²) in [4.78, 5) is 16.0. The van der Waals surface area contributed by atoms with Crippen molar-refractivity contribution in [1.29, 1.82) is 0 Å². The molecule has 4 heteroatoms. The fourth-order valence-electron chi connectivity index (χ4n) is 2.05. The Bertz CT molecular complexity index is 384. The van der Waals surface area contributed by atoms with Gasteiger partial charge in [-0.25, -0.2) is 0 Å². The van der Waals surface area contributed by atoms with Crippen LogP contribution in [0, 0.1) is 11.3 Å². The largest absolute Gasteiger partial charge is 0.355 e. The van der Waals surface area contributed by atoms with Crippen LogP contribution in [-0.2, 0) is 11.2 Å². The zero-order chi connectivity index (χ0) is 14.3. The van der Waals surface area contributed by atoms with E-state index >= 15 is 0 Å². The summed E-state index contributed by atoms with van der Waals surface area (Å²) in [7, 11) is 0. The minimum absolute atomic E-state index is 0.0616. The monoisotopic (exact) mass is 263 g/mol. The molecule has 4 nitrogen and oxygen atoms in total. The van der Waals surface area contributed by atoms with Crippen LogP contribution in [0.5, 0.6) is 0 Å². The molecule has 1 rings (SSSR count). The molecule has 106 valence electrons. The van der Waals surface area contributed by atoms with Gasteiger partial charge >= 0.3 is 0 Å². The number of hydrogen-bond donors (Lipinski definition) is 2. The van der Waals surface area contributed by atoms with Gasteiger partial charge in [-0.3, -0.25) is 9.78 Å². The van der Waals surface area contributed by atoms with Crippen molar-refractivity contribution in [3.05, 3.63) is 30.1 Å². The lowest BCUT2D eigenvalue weighted by atomic mass is 9.84. The molecule has 3 N–H and O–H groups in total. The summed E-state index contributed by atoms with van der Waals surface area (Å²) < 4.78 is 0. The average Bonchev–Trinajstić information content (AvgIpc) is 2.36. The fraction of sp³-hybridized carbons (Fsp3) is 0.600. The summed E-state index contributed by atoms with van der Waals surface area (Å²) in [5.41, 5.74) is 6.99. The van der Waals surface area contributed by atoms with E-state index in [1.807, 2.05) is 12.1 Å². The number of nitrogens with one attached hydrogen (secondary N) is 1. The van der Waals surface area contributed by atoms with E-state index < -0.39 is 0 Å². The summed E-state index contributed by atoms with van der Waals surface area (Å²) in [5.74, 6) is -0.0380. The Morgan fingerprint density at radius 3 is 2.53 bits per heavy atom. The first-order valence-electron chi connectivity index (χ1n) is 6.79. The molecule has 1 heterocycles. The number of carbonyl (C=O) groups is 1. The maximum absolute atomic E-state index is 12.0. The molecule has 0 aromatic carbocycles. The second-order valence-electron chi connectivity index (χ2n) is 6.09. The second-order valence-corrected chi connectivity index (χ2v) is 6.09. The van der Waals surface area contributed by atoms with Crippen molar-refractivity contribution in [3.8, 4) is 0 Å². The van der Waals surface area contributed by atoms with E-state index in [0.29, 0.717) is 13.1 Å². The number of amides is 1. The molecule has 0 fully saturated rings. The van der Waals surface area contributed by atoms with Crippen LogP contribution >= 0.6 is 0 Å². The van der Waals surface area contributed by atoms with E-state index in [2.05, 4.69) is 31.1 Å². The van der Waals surface area contributed by atoms with Gasteiger partial charge in [0.05, 0.1) is 5.92 Å². The molecule has 1 aromatic heterocycles. The van der Waals surface area contributed by atoms with E-state index in [9.17, 15) is 4.79 Å². The number of hydrogen-bond acceptors (Lipinski definition) is 3. The molecule has 1 unspecified atom stereocenters. The number of pyridine rings is 1. The minimum atomic E-state index is -0.0996. The molecule has 1 aromatic rings. The van der Waals surface area contributed by atoms with E-state index in [-0.39, 0.29) is 17.2 Å². The molecule has 0 spiro atoms. The lowest BCUT2D eigenvalue weighted by molar-refractivity contribution is -0.125. The number of nitrogens with zero attached hydrogens (tertiary/aromatic N) is 1. The third kappa shape index (κ3) is 6.34. The van der Waals surface area contributed by atoms with Gasteiger partial charge in [-0.2, -0.15) is 0 Å². The van der Waals surface area contributed by atoms with Crippen LogP contribution in [-0.4, -0.2) is 24.0 Å². The Morgan fingerprint density at radius 1 is 1.37 bits per heavy atom. The van der Waals surface area contributed by atoms with Crippen LogP contribution in [0.2, 0.25) is 0 Å². The number of rotatable bonds is 6. The highest BCUT2D eigenvalue weighted by atomic mass is 16.1. The smallest absolute Gasteiger partial charge is 0.224 e. The molecule has 0 bridgehead atoms. The number of nitrogens with two attached hydrogens (primary N) is 1. The second kappa shape index (κ2) is 7.24. The maximum atomic E-state index is 12.0. The normalized spacial score (nSPS) is 13.1. The molecule has 0 saturated carbocycles. The molecule has 19 heavy (non-hydrogen) atoms. The topological polar surface area (TPSA) is 68.0 Å². The molecule has 1 amide bonds. The van der Waals surface area contributed by atoms with Crippen molar-refractivity contribution in [1.82, 2.24) is 10.3 Å². The average molecular weight is 263 g/mol. The third-order valence-electron chi connectivity index (χ3n) is 2.98. The number of carbonyl (C=O) groups excluding carboxylic acids is 1. The first-order valence-corrected chi connectivity index (χ1v) is 6.79. The van der Waals surface area contributed by atoms with Gasteiger partial charge in [0.25, 0.3) is 0 Å². The third-order valence-corrected chi connectivity index (χ3v) is 2.98. The van der Waals surface area contributed by atoms with Crippen LogP contribution in [0.15, 0.2) is 24.5 Å². The zero-order valence-corrected chi connectivity index (χ0v) is 12.1. The van der Waals surface area contributed by atoms with Crippen molar-refractivity contribution >= 4 is 5.91 Å². The predicted molar refractivity (Wildman–Crippen MR) is 77.6 cm³/mol. The fourth-order valence-corrected chi connectivity index (χ4v) is 2.05. The summed E-state index contributed by atoms with van der Waals surface area (Å²) in [6, 6.07) is 3.92. The van der Waals surface area contributed by atoms with Gasteiger partial charge in [-0.15, -0.1) is 0 Å². The van der Waals surface area contributed by atoms with Crippen LogP contribution in [0.1, 0.15) is 32.8 Å². The van der Waals surface area contributed by atoms with Gasteiger partial charge in [-0.1, -0.05) is 20.8 Å². The summed E-state index contributed by atoms with van der Waals surface area (Å²) in [5, 5.41) is 2.97. The summed E-state index contributed by atoms with van der Waals surface area (Å²) in [6.45, 7) is 7.42. The van der Waals surface area contributed by atoms with Crippen molar-refractivity contribution in [2.45, 2.75) is 33.6 Å². The van der Waals surface area contributed by atoms with Crippen LogP contribution in [0.3, 0.4) is 0 Å². The highest BCUT2D eigenvalue weighted by Gasteiger charge is 2.23. The van der Waals surface area contributed by atoms with E-state index in [1.54, 1.807) is 12.4 Å². The Kier molecular flexibility index (Phi) is 5.96. The Labute approximate surface area is 115 Å². The summed E-state index contributed by atoms with van der Waals surface area (Å²) in [6.07, 6.45) is 5.16. The Balaban J connectivity index is 2.37. The maximum Gasteiger partial charge on any atom is 0.224 e. The first-order chi connectivity index (χ1) is 8.92. The van der Waals surface area contributed by atoms with Crippen molar-refractivity contribution < 1.29 is 4.79 Å². The molecule has 0 saturated heterocycles. The zero-order valence-electron chi connectivity index (χ0n) is 12.1. The highest BCUT2D eigenvalue weighted by molar-refractivity contribution is 5.78. The van der Waals surface area contributed by atoms with Gasteiger partial charge in [-0.05, 0) is 36.0 Å². The molecular weight excluding hydrogens is 238 g/mol. The molecule has 0 aliphatic heterocycles.